The van der Waals surface area contributed by atoms with Gasteiger partial charge < -0.3 is 8.72 Å². The Morgan fingerprint density at radius 1 is 1.12 bits per heavy atom. The zero-order valence-electron chi connectivity index (χ0n) is 12.4. The van der Waals surface area contributed by atoms with Crippen LogP contribution in [-0.2, 0) is 0 Å². The van der Waals surface area contributed by atoms with Crippen molar-refractivity contribution in [2.75, 3.05) is 11.4 Å². The summed E-state index contributed by atoms with van der Waals surface area (Å²) in [6, 6.07) is 12.2. The molecule has 4 rings (SSSR count). The van der Waals surface area contributed by atoms with E-state index in [2.05, 4.69) is 4.98 Å². The van der Waals surface area contributed by atoms with E-state index in [-0.39, 0.29) is 16.7 Å². The largest absolute Gasteiger partial charge is 0.428 e. The van der Waals surface area contributed by atoms with Crippen LogP contribution in [0, 0.1) is 0 Å². The maximum atomic E-state index is 12.9. The third-order valence-corrected chi connectivity index (χ3v) is 4.82. The topological polar surface area (TPSA) is 68.3 Å². The van der Waals surface area contributed by atoms with E-state index in [0.717, 1.165) is 15.0 Å². The maximum absolute atomic E-state index is 12.9. The quantitative estimate of drug-likeness (QED) is 0.491. The first kappa shape index (κ1) is 15.0. The van der Waals surface area contributed by atoms with Crippen LogP contribution in [0.25, 0.3) is 17.1 Å². The molecule has 2 aromatic heterocycles. The fourth-order valence-electron chi connectivity index (χ4n) is 2.57. The predicted molar refractivity (Wildman–Crippen MR) is 93.1 cm³/mol. The van der Waals surface area contributed by atoms with Gasteiger partial charge in [-0.2, -0.15) is 4.57 Å². The zero-order valence-corrected chi connectivity index (χ0v) is 14.0. The Labute approximate surface area is 145 Å². The molecular formula is C16H10ClN3O3S. The zero-order chi connectivity index (χ0) is 16.8. The van der Waals surface area contributed by atoms with E-state index in [1.807, 2.05) is 24.3 Å². The van der Waals surface area contributed by atoms with Gasteiger partial charge in [0.25, 0.3) is 5.56 Å². The summed E-state index contributed by atoms with van der Waals surface area (Å²) in [5, 5.41) is 0.185. The van der Waals surface area contributed by atoms with Gasteiger partial charge in [0, 0.05) is 17.5 Å². The van der Waals surface area contributed by atoms with Gasteiger partial charge in [-0.05, 0) is 36.2 Å². The van der Waals surface area contributed by atoms with Gasteiger partial charge in [0.2, 0.25) is 0 Å². The van der Waals surface area contributed by atoms with Crippen LogP contribution in [0.5, 0.6) is 0 Å². The van der Waals surface area contributed by atoms with Crippen LogP contribution in [0.15, 0.2) is 61.4 Å². The van der Waals surface area contributed by atoms with Gasteiger partial charge in [0.15, 0.2) is 11.4 Å². The van der Waals surface area contributed by atoms with Crippen molar-refractivity contribution < 1.29 is 4.42 Å². The van der Waals surface area contributed by atoms with Crippen LogP contribution < -0.4 is 15.6 Å². The summed E-state index contributed by atoms with van der Waals surface area (Å²) < 4.78 is 8.04. The summed E-state index contributed by atoms with van der Waals surface area (Å²) >= 11 is 7.26. The monoisotopic (exact) mass is 359 g/mol. The summed E-state index contributed by atoms with van der Waals surface area (Å²) in [5.41, 5.74) is 0.511. The molecule has 0 spiro atoms. The molecule has 3 aromatic rings. The Kier molecular flexibility index (Phi) is 3.47. The number of fused-ring (bicyclic) bond motifs is 3. The molecule has 120 valence electrons. The third kappa shape index (κ3) is 2.24. The Balaban J connectivity index is 2.05. The van der Waals surface area contributed by atoms with Crippen LogP contribution in [0.4, 0.5) is 5.69 Å². The summed E-state index contributed by atoms with van der Waals surface area (Å²) in [5.74, 6) is -0.412. The number of aromatic nitrogens is 2. The highest BCUT2D eigenvalue weighted by molar-refractivity contribution is 8.00. The molecule has 6 nitrogen and oxygen atoms in total. The number of pyridine rings is 1. The van der Waals surface area contributed by atoms with Crippen molar-refractivity contribution >= 4 is 29.2 Å². The lowest BCUT2D eigenvalue weighted by molar-refractivity contribution is 0.470. The normalized spacial score (nSPS) is 12.7. The summed E-state index contributed by atoms with van der Waals surface area (Å²) in [6.07, 6.45) is 0. The van der Waals surface area contributed by atoms with Crippen molar-refractivity contribution in [2.45, 2.75) is 4.90 Å². The number of nitrogens with zero attached hydrogens (tertiary/aromatic N) is 3. The van der Waals surface area contributed by atoms with Crippen molar-refractivity contribution in [3.63, 3.8) is 0 Å². The van der Waals surface area contributed by atoms with Crippen LogP contribution >= 0.6 is 23.5 Å². The average molecular weight is 360 g/mol. The molecule has 0 aliphatic carbocycles. The molecule has 8 heteroatoms. The fourth-order valence-corrected chi connectivity index (χ4v) is 3.68. The molecular weight excluding hydrogens is 350 g/mol. The van der Waals surface area contributed by atoms with Gasteiger partial charge in [-0.3, -0.25) is 4.79 Å². The minimum Gasteiger partial charge on any atom is -0.406 e. The molecule has 0 saturated heterocycles. The van der Waals surface area contributed by atoms with Gasteiger partial charge >= 0.3 is 5.76 Å². The van der Waals surface area contributed by atoms with Crippen molar-refractivity contribution in [2.24, 2.45) is 0 Å². The molecule has 1 aliphatic heterocycles. The fraction of sp³-hybridized carbons (Fsp3) is 0.0625. The summed E-state index contributed by atoms with van der Waals surface area (Å²) in [4.78, 5) is 30.3. The highest BCUT2D eigenvalue weighted by atomic mass is 35.5. The maximum Gasteiger partial charge on any atom is 0.428 e. The molecule has 0 fully saturated rings. The first-order valence-corrected chi connectivity index (χ1v) is 8.15. The second-order valence-electron chi connectivity index (χ2n) is 5.09. The minimum atomic E-state index is -0.802. The number of anilines is 1. The molecule has 3 heterocycles. The van der Waals surface area contributed by atoms with Crippen molar-refractivity contribution in [3.05, 3.63) is 68.5 Å². The first-order chi connectivity index (χ1) is 11.6. The summed E-state index contributed by atoms with van der Waals surface area (Å²) in [7, 11) is 1.75. The minimum absolute atomic E-state index is 0.126. The Hall–Kier alpha value is -2.51. The van der Waals surface area contributed by atoms with Crippen LogP contribution in [0.1, 0.15) is 0 Å². The van der Waals surface area contributed by atoms with Gasteiger partial charge in [-0.25, -0.2) is 9.78 Å². The van der Waals surface area contributed by atoms with Crippen LogP contribution in [-0.4, -0.2) is 16.6 Å². The molecule has 0 N–H and O–H groups in total. The molecule has 0 atom stereocenters. The smallest absolute Gasteiger partial charge is 0.406 e. The lowest BCUT2D eigenvalue weighted by Gasteiger charge is -2.25. The van der Waals surface area contributed by atoms with E-state index >= 15 is 0 Å². The van der Waals surface area contributed by atoms with Crippen molar-refractivity contribution in [3.8, 4) is 17.1 Å². The van der Waals surface area contributed by atoms with Gasteiger partial charge in [-0.1, -0.05) is 29.8 Å². The van der Waals surface area contributed by atoms with Crippen molar-refractivity contribution in [1.82, 2.24) is 9.55 Å². The van der Waals surface area contributed by atoms with Crippen LogP contribution in [0.3, 0.4) is 0 Å². The molecule has 1 aliphatic rings. The molecule has 1 aromatic carbocycles. The highest BCUT2D eigenvalue weighted by Gasteiger charge is 2.28. The van der Waals surface area contributed by atoms with E-state index in [1.165, 1.54) is 18.0 Å². The van der Waals surface area contributed by atoms with Crippen LogP contribution in [0.2, 0.25) is 5.15 Å². The summed E-state index contributed by atoms with van der Waals surface area (Å²) in [6.45, 7) is 0. The lowest BCUT2D eigenvalue weighted by Crippen LogP contribution is -2.36. The lowest BCUT2D eigenvalue weighted by atomic mass is 10.1. The van der Waals surface area contributed by atoms with E-state index < -0.39 is 11.3 Å². The second kappa shape index (κ2) is 5.54. The molecule has 0 saturated carbocycles. The predicted octanol–water partition coefficient (Wildman–Crippen LogP) is 2.96. The Bertz CT molecular complexity index is 1080. The Morgan fingerprint density at radius 2 is 1.92 bits per heavy atom. The number of hydrogen-bond acceptors (Lipinski definition) is 6. The molecule has 0 bridgehead atoms. The Morgan fingerprint density at radius 3 is 2.71 bits per heavy atom. The third-order valence-electron chi connectivity index (χ3n) is 3.60. The number of benzene rings is 1. The number of rotatable bonds is 1. The van der Waals surface area contributed by atoms with E-state index in [0.29, 0.717) is 5.69 Å². The molecule has 0 unspecified atom stereocenters. The van der Waals surface area contributed by atoms with E-state index in [9.17, 15) is 9.59 Å². The van der Waals surface area contributed by atoms with Crippen molar-refractivity contribution in [1.29, 1.82) is 0 Å². The van der Waals surface area contributed by atoms with Gasteiger partial charge in [0.05, 0.1) is 0 Å². The average Bonchev–Trinajstić information content (AvgIpc) is 2.54. The standard InChI is InChI=1S/C16H10ClN3O3S/c1-19-13-14(9-5-2-3-6-10(9)24-19)23-16(22)20(15(13)21)12-8-4-7-11(17)18-12/h2-8H,1H3. The number of hydrogen-bond donors (Lipinski definition) is 0. The molecule has 24 heavy (non-hydrogen) atoms. The molecule has 0 amide bonds. The van der Waals surface area contributed by atoms with E-state index in [4.69, 9.17) is 16.0 Å². The van der Waals surface area contributed by atoms with E-state index in [1.54, 1.807) is 23.5 Å². The second-order valence-corrected chi connectivity index (χ2v) is 6.65. The number of halogens is 1. The van der Waals surface area contributed by atoms with Gasteiger partial charge in [0.1, 0.15) is 11.0 Å². The SMILES string of the molecule is CN1Sc2ccccc2-c2oc(=O)n(-c3cccc(Cl)n3)c(=O)c21. The van der Waals surface area contributed by atoms with Gasteiger partial charge in [-0.15, -0.1) is 0 Å². The molecule has 0 radical (unpaired) electrons. The first-order valence-electron chi connectivity index (χ1n) is 7.00. The highest BCUT2D eigenvalue weighted by Crippen LogP contribution is 2.42.